The fourth-order valence-electron chi connectivity index (χ4n) is 3.88. The van der Waals surface area contributed by atoms with Gasteiger partial charge in [0, 0.05) is 22.1 Å². The molecule has 39 heavy (non-hydrogen) atoms. The minimum absolute atomic E-state index is 0.00231. The number of rotatable bonds is 9. The first kappa shape index (κ1) is 30.5. The Kier molecular flexibility index (Phi) is 9.69. The molecule has 1 N–H and O–H groups in total. The fourth-order valence-corrected chi connectivity index (χ4v) is 5.81. The second kappa shape index (κ2) is 12.4. The smallest absolute Gasteiger partial charge is 0.264 e. The highest BCUT2D eigenvalue weighted by molar-refractivity contribution is 7.92. The maximum atomic E-state index is 13.9. The van der Waals surface area contributed by atoms with Gasteiger partial charge in [0.1, 0.15) is 12.6 Å². The summed E-state index contributed by atoms with van der Waals surface area (Å²) < 4.78 is 28.6. The van der Waals surface area contributed by atoms with Crippen molar-refractivity contribution in [1.29, 1.82) is 0 Å². The highest BCUT2D eigenvalue weighted by Crippen LogP contribution is 2.30. The Bertz CT molecular complexity index is 1400. The van der Waals surface area contributed by atoms with Gasteiger partial charge in [-0.15, -0.1) is 0 Å². The zero-order valence-corrected chi connectivity index (χ0v) is 24.9. The van der Waals surface area contributed by atoms with E-state index in [0.29, 0.717) is 0 Å². The number of nitrogens with one attached hydrogen (secondary N) is 1. The Balaban J connectivity index is 2.05. The van der Waals surface area contributed by atoms with Crippen LogP contribution in [0, 0.1) is 6.92 Å². The maximum absolute atomic E-state index is 13.9. The van der Waals surface area contributed by atoms with Crippen LogP contribution in [0.25, 0.3) is 0 Å². The molecule has 3 aromatic rings. The van der Waals surface area contributed by atoms with E-state index in [9.17, 15) is 18.0 Å². The average molecular weight is 591 g/mol. The van der Waals surface area contributed by atoms with Crippen LogP contribution in [0.4, 0.5) is 5.69 Å². The molecule has 0 fully saturated rings. The van der Waals surface area contributed by atoms with E-state index in [0.717, 1.165) is 15.4 Å². The molecule has 3 rings (SSSR count). The van der Waals surface area contributed by atoms with E-state index in [-0.39, 0.29) is 33.1 Å². The number of aryl methyl sites for hydroxylation is 1. The molecular weight excluding hydrogens is 557 g/mol. The quantitative estimate of drug-likeness (QED) is 0.340. The van der Waals surface area contributed by atoms with Gasteiger partial charge in [0.25, 0.3) is 10.0 Å². The second-order valence-corrected chi connectivity index (χ2v) is 13.1. The van der Waals surface area contributed by atoms with E-state index in [1.807, 2.05) is 52.0 Å². The Morgan fingerprint density at radius 3 is 2.03 bits per heavy atom. The number of nitrogens with zero attached hydrogens (tertiary/aromatic N) is 2. The van der Waals surface area contributed by atoms with Gasteiger partial charge in [-0.1, -0.05) is 71.2 Å². The Morgan fingerprint density at radius 2 is 1.49 bits per heavy atom. The average Bonchev–Trinajstić information content (AvgIpc) is 2.85. The largest absolute Gasteiger partial charge is 0.350 e. The summed E-state index contributed by atoms with van der Waals surface area (Å²) in [5, 5.41) is 3.34. The van der Waals surface area contributed by atoms with Gasteiger partial charge in [0.05, 0.1) is 10.6 Å². The van der Waals surface area contributed by atoms with Crippen molar-refractivity contribution in [2.45, 2.75) is 57.6 Å². The van der Waals surface area contributed by atoms with Crippen LogP contribution in [0.2, 0.25) is 10.0 Å². The summed E-state index contributed by atoms with van der Waals surface area (Å²) in [6.45, 7) is 8.65. The maximum Gasteiger partial charge on any atom is 0.264 e. The van der Waals surface area contributed by atoms with Crippen molar-refractivity contribution < 1.29 is 18.0 Å². The molecular formula is C29H33Cl2N3O4S. The third kappa shape index (κ3) is 8.21. The van der Waals surface area contributed by atoms with Crippen LogP contribution in [0.5, 0.6) is 0 Å². The van der Waals surface area contributed by atoms with Gasteiger partial charge < -0.3 is 10.2 Å². The Labute approximate surface area is 240 Å². The van der Waals surface area contributed by atoms with Gasteiger partial charge in [-0.05, 0) is 70.5 Å². The molecule has 0 heterocycles. The predicted molar refractivity (Wildman–Crippen MR) is 157 cm³/mol. The number of carbonyl (C=O) groups excluding carboxylic acids is 2. The topological polar surface area (TPSA) is 86.8 Å². The van der Waals surface area contributed by atoms with Crippen LogP contribution in [0.1, 0.15) is 38.8 Å². The second-order valence-electron chi connectivity index (χ2n) is 10.4. The van der Waals surface area contributed by atoms with Crippen molar-refractivity contribution in [3.05, 3.63) is 94.0 Å². The van der Waals surface area contributed by atoms with Gasteiger partial charge in [-0.3, -0.25) is 13.9 Å². The predicted octanol–water partition coefficient (Wildman–Crippen LogP) is 5.83. The molecule has 0 unspecified atom stereocenters. The Hall–Kier alpha value is -3.07. The molecule has 1 atom stereocenters. The number of sulfonamides is 1. The molecule has 0 saturated heterocycles. The van der Waals surface area contributed by atoms with Crippen molar-refractivity contribution in [3.63, 3.8) is 0 Å². The molecule has 0 aliphatic rings. The first-order chi connectivity index (χ1) is 18.2. The number of hydrogen-bond donors (Lipinski definition) is 1. The third-order valence-corrected chi connectivity index (χ3v) is 8.11. The highest BCUT2D eigenvalue weighted by atomic mass is 35.5. The molecule has 10 heteroatoms. The van der Waals surface area contributed by atoms with Crippen molar-refractivity contribution in [2.75, 3.05) is 10.8 Å². The molecule has 0 bridgehead atoms. The van der Waals surface area contributed by atoms with Crippen molar-refractivity contribution in [3.8, 4) is 0 Å². The lowest BCUT2D eigenvalue weighted by molar-refractivity contribution is -0.140. The molecule has 7 nitrogen and oxygen atoms in total. The van der Waals surface area contributed by atoms with Crippen LogP contribution in [0.15, 0.2) is 77.7 Å². The summed E-state index contributed by atoms with van der Waals surface area (Å²) in [5.74, 6) is -0.922. The molecule has 0 radical (unpaired) electrons. The summed E-state index contributed by atoms with van der Waals surface area (Å²) >= 11 is 12.4. The van der Waals surface area contributed by atoms with E-state index < -0.39 is 34.1 Å². The number of anilines is 1. The van der Waals surface area contributed by atoms with Crippen LogP contribution in [-0.2, 0) is 26.2 Å². The van der Waals surface area contributed by atoms with Crippen LogP contribution < -0.4 is 9.62 Å². The monoisotopic (exact) mass is 589 g/mol. The summed E-state index contributed by atoms with van der Waals surface area (Å²) in [7, 11) is -4.20. The lowest BCUT2D eigenvalue weighted by atomic mass is 10.1. The first-order valence-electron chi connectivity index (χ1n) is 12.4. The highest BCUT2D eigenvalue weighted by Gasteiger charge is 2.33. The summed E-state index contributed by atoms with van der Waals surface area (Å²) in [6, 6.07) is 18.8. The lowest BCUT2D eigenvalue weighted by Gasteiger charge is -2.33. The van der Waals surface area contributed by atoms with Gasteiger partial charge in [0.15, 0.2) is 0 Å². The van der Waals surface area contributed by atoms with Gasteiger partial charge >= 0.3 is 0 Å². The van der Waals surface area contributed by atoms with Crippen molar-refractivity contribution in [1.82, 2.24) is 10.2 Å². The summed E-state index contributed by atoms with van der Waals surface area (Å²) in [4.78, 5) is 28.5. The zero-order valence-electron chi connectivity index (χ0n) is 22.6. The molecule has 2 amide bonds. The standard InChI is InChI=1S/C29H33Cl2N3O4S/c1-20-11-13-22(14-12-20)18-33(21(2)28(36)32-29(3,4)5)27(35)19-34(25-16-23(30)15-24(31)17-25)39(37,38)26-9-7-6-8-10-26/h6-17,21H,18-19H2,1-5H3,(H,32,36)/t21-/m1/s1. The molecule has 0 aromatic heterocycles. The number of hydrogen-bond acceptors (Lipinski definition) is 4. The minimum atomic E-state index is -4.20. The van der Waals surface area contributed by atoms with Crippen LogP contribution >= 0.6 is 23.2 Å². The summed E-state index contributed by atoms with van der Waals surface area (Å²) in [5.41, 5.74) is 1.46. The number of carbonyl (C=O) groups is 2. The Morgan fingerprint density at radius 1 is 0.923 bits per heavy atom. The third-order valence-electron chi connectivity index (χ3n) is 5.88. The molecule has 3 aromatic carbocycles. The fraction of sp³-hybridized carbons (Fsp3) is 0.310. The molecule has 0 aliphatic carbocycles. The van der Waals surface area contributed by atoms with Gasteiger partial charge in [0.2, 0.25) is 11.8 Å². The molecule has 0 spiro atoms. The lowest BCUT2D eigenvalue weighted by Crippen LogP contribution is -2.54. The molecule has 0 saturated carbocycles. The SMILES string of the molecule is Cc1ccc(CN(C(=O)CN(c2cc(Cl)cc(Cl)c2)S(=O)(=O)c2ccccc2)[C@H](C)C(=O)NC(C)(C)C)cc1. The number of benzene rings is 3. The molecule has 208 valence electrons. The molecule has 0 aliphatic heterocycles. The zero-order chi connectivity index (χ0) is 29.0. The van der Waals surface area contributed by atoms with Crippen LogP contribution in [0.3, 0.4) is 0 Å². The number of amides is 2. The first-order valence-corrected chi connectivity index (χ1v) is 14.6. The van der Waals surface area contributed by atoms with E-state index in [4.69, 9.17) is 23.2 Å². The minimum Gasteiger partial charge on any atom is -0.350 e. The van der Waals surface area contributed by atoms with Crippen molar-refractivity contribution >= 4 is 50.7 Å². The number of halogens is 2. The van der Waals surface area contributed by atoms with Gasteiger partial charge in [-0.2, -0.15) is 0 Å². The van der Waals surface area contributed by atoms with E-state index >= 15 is 0 Å². The summed E-state index contributed by atoms with van der Waals surface area (Å²) in [6.07, 6.45) is 0. The van der Waals surface area contributed by atoms with E-state index in [2.05, 4.69) is 5.32 Å². The normalized spacial score (nSPS) is 12.5. The van der Waals surface area contributed by atoms with Crippen molar-refractivity contribution in [2.24, 2.45) is 0 Å². The van der Waals surface area contributed by atoms with Gasteiger partial charge in [-0.25, -0.2) is 8.42 Å². The van der Waals surface area contributed by atoms with E-state index in [1.54, 1.807) is 25.1 Å². The van der Waals surface area contributed by atoms with Crippen LogP contribution in [-0.4, -0.2) is 43.3 Å². The van der Waals surface area contributed by atoms with E-state index in [1.165, 1.54) is 35.2 Å².